The molecular formula is C41H51N5O9S. The van der Waals surface area contributed by atoms with Crippen molar-refractivity contribution in [2.45, 2.75) is 125 Å². The lowest BCUT2D eigenvalue weighted by molar-refractivity contribution is -0.141. The van der Waals surface area contributed by atoms with E-state index in [0.717, 1.165) is 43.9 Å². The molecule has 8 rings (SSSR count). The van der Waals surface area contributed by atoms with E-state index in [0.29, 0.717) is 54.8 Å². The summed E-state index contributed by atoms with van der Waals surface area (Å²) in [6.07, 6.45) is 13.9. The van der Waals surface area contributed by atoms with Crippen LogP contribution in [0.2, 0.25) is 0 Å². The normalized spacial score (nSPS) is 32.2. The molecule has 6 aliphatic rings. The summed E-state index contributed by atoms with van der Waals surface area (Å²) in [6.45, 7) is 1.59. The number of sulfonamides is 1. The molecule has 4 fully saturated rings. The van der Waals surface area contributed by atoms with Gasteiger partial charge in [0, 0.05) is 17.7 Å². The summed E-state index contributed by atoms with van der Waals surface area (Å²) in [5.74, 6) is -1.17. The van der Waals surface area contributed by atoms with Crippen molar-refractivity contribution in [1.29, 1.82) is 0 Å². The van der Waals surface area contributed by atoms with Crippen LogP contribution in [0, 0.1) is 11.8 Å². The number of carbonyl (C=O) groups excluding carboxylic acids is 4. The smallest absolute Gasteiger partial charge is 0.408 e. The third-order valence-electron chi connectivity index (χ3n) is 12.4. The van der Waals surface area contributed by atoms with E-state index in [1.165, 1.54) is 4.90 Å². The van der Waals surface area contributed by atoms with E-state index in [1.54, 1.807) is 14.0 Å². The van der Waals surface area contributed by atoms with Gasteiger partial charge in [-0.15, -0.1) is 0 Å². The van der Waals surface area contributed by atoms with E-state index < -0.39 is 68.2 Å². The van der Waals surface area contributed by atoms with Crippen LogP contribution < -0.4 is 24.8 Å². The maximum Gasteiger partial charge on any atom is 0.408 e. The number of methoxy groups -OCH3 is 1. The molecule has 0 radical (unpaired) electrons. The lowest BCUT2D eigenvalue weighted by Crippen LogP contribution is -2.58. The number of ether oxygens (including phenoxy) is 3. The third kappa shape index (κ3) is 7.58. The van der Waals surface area contributed by atoms with E-state index in [4.69, 9.17) is 19.2 Å². The molecule has 3 aliphatic heterocycles. The molecule has 1 aromatic heterocycles. The number of amides is 4. The Morgan fingerprint density at radius 1 is 1.02 bits per heavy atom. The number of nitrogens with zero attached hydrogens (tertiary/aromatic N) is 2. The second kappa shape index (κ2) is 15.0. The fourth-order valence-corrected chi connectivity index (χ4v) is 9.73. The average molecular weight is 790 g/mol. The van der Waals surface area contributed by atoms with Gasteiger partial charge in [-0.05, 0) is 95.3 Å². The van der Waals surface area contributed by atoms with E-state index in [-0.39, 0.29) is 31.4 Å². The number of para-hydroxylation sites is 1. The molecule has 3 aliphatic carbocycles. The Bertz CT molecular complexity index is 2080. The van der Waals surface area contributed by atoms with Crippen LogP contribution in [0.25, 0.3) is 17.0 Å². The molecule has 1 saturated heterocycles. The number of hydrogen-bond donors (Lipinski definition) is 3. The summed E-state index contributed by atoms with van der Waals surface area (Å²) in [4.78, 5) is 62.6. The van der Waals surface area contributed by atoms with Crippen molar-refractivity contribution in [3.05, 3.63) is 48.1 Å². The minimum Gasteiger partial charge on any atom is -0.495 e. The monoisotopic (exact) mass is 789 g/mol. The summed E-state index contributed by atoms with van der Waals surface area (Å²) in [5.41, 5.74) is -0.225. The number of allylic oxidation sites excluding steroid dienone is 2. The van der Waals surface area contributed by atoms with Crippen molar-refractivity contribution in [1.82, 2.24) is 25.2 Å². The van der Waals surface area contributed by atoms with Crippen LogP contribution in [0.4, 0.5) is 4.79 Å². The number of aromatic nitrogens is 1. The van der Waals surface area contributed by atoms with Gasteiger partial charge < -0.3 is 29.7 Å². The molecule has 3 bridgehead atoms. The van der Waals surface area contributed by atoms with Gasteiger partial charge in [-0.1, -0.05) is 43.2 Å². The zero-order valence-electron chi connectivity index (χ0n) is 32.0. The Morgan fingerprint density at radius 2 is 1.82 bits per heavy atom. The second-order valence-electron chi connectivity index (χ2n) is 16.6. The maximum absolute atomic E-state index is 14.6. The van der Waals surface area contributed by atoms with Crippen molar-refractivity contribution in [2.75, 3.05) is 13.7 Å². The SMILES string of the molecule is COc1c2c(nc3ccccc13)O[C@H]1C[C@@H]3C(=O)N[C@]4(C(=O)NS(=O)(=O)C5(C)CC5)C[C@H]4/C=C\CCCCC[C@H](NC(=O)O[C@@H]4C[C@H]4CCCC=C2)C(=O)N3C1. The van der Waals surface area contributed by atoms with Crippen LogP contribution in [-0.4, -0.2) is 90.3 Å². The molecule has 3 N–H and O–H groups in total. The molecule has 0 spiro atoms. The fourth-order valence-electron chi connectivity index (χ4n) is 8.42. The van der Waals surface area contributed by atoms with Gasteiger partial charge in [0.15, 0.2) is 0 Å². The number of pyridine rings is 1. The minimum atomic E-state index is -3.99. The Labute approximate surface area is 327 Å². The second-order valence-corrected chi connectivity index (χ2v) is 18.8. The first-order valence-corrected chi connectivity index (χ1v) is 21.5. The van der Waals surface area contributed by atoms with E-state index >= 15 is 0 Å². The van der Waals surface area contributed by atoms with Crippen LogP contribution >= 0.6 is 0 Å². The molecule has 2 aromatic rings. The highest BCUT2D eigenvalue weighted by molar-refractivity contribution is 7.91. The lowest BCUT2D eigenvalue weighted by Gasteiger charge is -2.30. The first-order valence-electron chi connectivity index (χ1n) is 20.0. The van der Waals surface area contributed by atoms with Crippen LogP contribution in [0.15, 0.2) is 42.5 Å². The van der Waals surface area contributed by atoms with Gasteiger partial charge in [0.2, 0.25) is 27.7 Å². The summed E-state index contributed by atoms with van der Waals surface area (Å²) < 4.78 is 46.0. The van der Waals surface area contributed by atoms with Gasteiger partial charge in [-0.25, -0.2) is 18.2 Å². The van der Waals surface area contributed by atoms with E-state index in [1.807, 2.05) is 48.6 Å². The summed E-state index contributed by atoms with van der Waals surface area (Å²) in [5, 5.41) is 6.56. The minimum absolute atomic E-state index is 0.00984. The average Bonchev–Trinajstić information content (AvgIpc) is 4.13. The van der Waals surface area contributed by atoms with Crippen molar-refractivity contribution in [2.24, 2.45) is 11.8 Å². The number of carbonyl (C=O) groups is 4. The van der Waals surface area contributed by atoms with E-state index in [9.17, 15) is 27.6 Å². The van der Waals surface area contributed by atoms with Gasteiger partial charge in [0.05, 0.1) is 29.5 Å². The Hall–Kier alpha value is -4.66. The first-order chi connectivity index (χ1) is 26.9. The molecule has 1 aromatic carbocycles. The molecule has 0 unspecified atom stereocenters. The third-order valence-corrected chi connectivity index (χ3v) is 14.6. The lowest BCUT2D eigenvalue weighted by atomic mass is 10.0. The predicted molar refractivity (Wildman–Crippen MR) is 207 cm³/mol. The largest absolute Gasteiger partial charge is 0.495 e. The summed E-state index contributed by atoms with van der Waals surface area (Å²) >= 11 is 0. The van der Waals surface area contributed by atoms with Crippen LogP contribution in [0.3, 0.4) is 0 Å². The van der Waals surface area contributed by atoms with Crippen LogP contribution in [0.1, 0.15) is 96.0 Å². The molecule has 4 heterocycles. The predicted octanol–water partition coefficient (Wildman–Crippen LogP) is 4.67. The quantitative estimate of drug-likeness (QED) is 0.369. The maximum atomic E-state index is 14.6. The molecule has 7 atom stereocenters. The standard InChI is InChI=1S/C41H51N5O9S/c1-40(19-20-40)56(51,52)45-38(49)41-23-26(41)14-8-4-3-5-10-18-31-37(48)46-24-27(22-32(46)35(47)44-41)54-36-29(34(53-2)28-15-11-12-17-30(28)42-36)16-9-6-7-13-25-21-33(25)55-39(50)43-31/h8-9,11-12,14-17,25-27,31-33H,3-7,10,13,18-24H2,1-2H3,(H,43,50)(H,44,47)(H,45,49)/b14-8-,16-9?/t25-,26-,27+,31+,32-,33-,41-/m1/s1. The Balaban J connectivity index is 1.15. The van der Waals surface area contributed by atoms with Crippen molar-refractivity contribution in [3.8, 4) is 11.6 Å². The van der Waals surface area contributed by atoms with Gasteiger partial charge in [0.1, 0.15) is 35.6 Å². The van der Waals surface area contributed by atoms with Gasteiger partial charge in [-0.2, -0.15) is 0 Å². The van der Waals surface area contributed by atoms with Gasteiger partial charge in [-0.3, -0.25) is 19.1 Å². The van der Waals surface area contributed by atoms with Gasteiger partial charge >= 0.3 is 6.09 Å². The molecule has 3 saturated carbocycles. The molecule has 14 nitrogen and oxygen atoms in total. The Morgan fingerprint density at radius 3 is 2.62 bits per heavy atom. The van der Waals surface area contributed by atoms with E-state index in [2.05, 4.69) is 15.4 Å². The molecule has 15 heteroatoms. The van der Waals surface area contributed by atoms with Crippen molar-refractivity contribution >= 4 is 50.8 Å². The topological polar surface area (TPSA) is 182 Å². The van der Waals surface area contributed by atoms with Crippen molar-refractivity contribution in [3.63, 3.8) is 0 Å². The number of fused-ring (bicyclic) bond motifs is 6. The number of hydrogen-bond acceptors (Lipinski definition) is 10. The number of rotatable bonds is 4. The molecule has 4 amide bonds. The summed E-state index contributed by atoms with van der Waals surface area (Å²) in [6, 6.07) is 5.50. The highest BCUT2D eigenvalue weighted by Crippen LogP contribution is 2.48. The number of benzene rings is 1. The molecular weight excluding hydrogens is 739 g/mol. The van der Waals surface area contributed by atoms with Gasteiger partial charge in [0.25, 0.3) is 5.91 Å². The summed E-state index contributed by atoms with van der Waals surface area (Å²) in [7, 11) is -2.39. The first kappa shape index (κ1) is 38.2. The Kier molecular flexibility index (Phi) is 10.2. The number of nitrogens with one attached hydrogen (secondary N) is 3. The highest BCUT2D eigenvalue weighted by Gasteiger charge is 2.63. The van der Waals surface area contributed by atoms with Crippen LogP contribution in [0.5, 0.6) is 11.6 Å². The van der Waals surface area contributed by atoms with Crippen LogP contribution in [-0.2, 0) is 29.1 Å². The molecule has 56 heavy (non-hydrogen) atoms. The van der Waals surface area contributed by atoms with Crippen molar-refractivity contribution < 1.29 is 41.8 Å². The molecule has 300 valence electrons. The zero-order chi connectivity index (χ0) is 39.2. The number of alkyl carbamates (subject to hydrolysis) is 1. The highest BCUT2D eigenvalue weighted by atomic mass is 32.2. The fraction of sp³-hybridized carbons (Fsp3) is 0.585. The zero-order valence-corrected chi connectivity index (χ0v) is 32.8.